The van der Waals surface area contributed by atoms with Crippen LogP contribution in [0.4, 0.5) is 0 Å². The number of amides is 1. The highest BCUT2D eigenvalue weighted by molar-refractivity contribution is 5.94. The summed E-state index contributed by atoms with van der Waals surface area (Å²) in [7, 11) is 0. The van der Waals surface area contributed by atoms with Crippen molar-refractivity contribution in [3.05, 3.63) is 58.7 Å². The zero-order valence-corrected chi connectivity index (χ0v) is 13.3. The summed E-state index contributed by atoms with van der Waals surface area (Å²) in [6.45, 7) is 5.96. The third-order valence-corrected chi connectivity index (χ3v) is 4.24. The zero-order valence-electron chi connectivity index (χ0n) is 13.3. The van der Waals surface area contributed by atoms with Crippen molar-refractivity contribution in [1.82, 2.24) is 15.3 Å². The van der Waals surface area contributed by atoms with Crippen LogP contribution < -0.4 is 5.32 Å². The summed E-state index contributed by atoms with van der Waals surface area (Å²) in [5.41, 5.74) is 4.71. The molecule has 3 rings (SSSR count). The molecule has 0 saturated heterocycles. The number of hydrogen-bond donors (Lipinski definition) is 1. The van der Waals surface area contributed by atoms with Gasteiger partial charge in [0.25, 0.3) is 5.91 Å². The summed E-state index contributed by atoms with van der Waals surface area (Å²) in [6.07, 6.45) is 5.74. The fourth-order valence-electron chi connectivity index (χ4n) is 2.58. The van der Waals surface area contributed by atoms with E-state index >= 15 is 0 Å². The van der Waals surface area contributed by atoms with E-state index in [1.807, 2.05) is 39.1 Å². The number of pyridine rings is 2. The lowest BCUT2D eigenvalue weighted by Crippen LogP contribution is -2.30. The smallest absolute Gasteiger partial charge is 0.253 e. The van der Waals surface area contributed by atoms with Crippen LogP contribution in [-0.2, 0) is 0 Å². The number of nitrogens with zero attached hydrogens (tertiary/aromatic N) is 2. The Kier molecular flexibility index (Phi) is 3.92. The number of aromatic nitrogens is 2. The second-order valence-electron chi connectivity index (χ2n) is 6.17. The van der Waals surface area contributed by atoms with E-state index < -0.39 is 0 Å². The molecule has 0 unspecified atom stereocenters. The molecule has 0 aromatic carbocycles. The quantitative estimate of drug-likeness (QED) is 0.941. The molecule has 1 saturated carbocycles. The Morgan fingerprint density at radius 2 is 2.00 bits per heavy atom. The molecular weight excluding hydrogens is 274 g/mol. The summed E-state index contributed by atoms with van der Waals surface area (Å²) >= 11 is 0. The lowest BCUT2D eigenvalue weighted by atomic mass is 10.1. The van der Waals surface area contributed by atoms with E-state index in [1.54, 1.807) is 6.20 Å². The second kappa shape index (κ2) is 5.87. The van der Waals surface area contributed by atoms with Crippen LogP contribution in [-0.4, -0.2) is 15.9 Å². The fourth-order valence-corrected chi connectivity index (χ4v) is 2.58. The molecule has 1 atom stereocenters. The molecule has 4 heteroatoms. The minimum absolute atomic E-state index is 0.00555. The van der Waals surface area contributed by atoms with Crippen LogP contribution in [0.3, 0.4) is 0 Å². The topological polar surface area (TPSA) is 54.9 Å². The van der Waals surface area contributed by atoms with Crippen LogP contribution in [0.15, 0.2) is 30.6 Å². The molecule has 1 N–H and O–H groups in total. The molecule has 0 spiro atoms. The maximum absolute atomic E-state index is 12.5. The van der Waals surface area contributed by atoms with Crippen LogP contribution in [0.25, 0.3) is 0 Å². The molecule has 1 amide bonds. The standard InChI is InChI=1S/C18H21N3O/c1-11-6-7-19-16(8-11)17(14-4-5-14)21-18(22)15-9-12(2)13(3)20-10-15/h6-10,14,17H,4-5H2,1-3H3,(H,21,22)/t17-/m1/s1. The van der Waals surface area contributed by atoms with E-state index in [1.165, 1.54) is 0 Å². The minimum Gasteiger partial charge on any atom is -0.343 e. The van der Waals surface area contributed by atoms with Gasteiger partial charge in [0.1, 0.15) is 0 Å². The highest BCUT2D eigenvalue weighted by Crippen LogP contribution is 2.40. The molecular formula is C18H21N3O. The van der Waals surface area contributed by atoms with Crippen molar-refractivity contribution in [2.24, 2.45) is 5.92 Å². The fraction of sp³-hybridized carbons (Fsp3) is 0.389. The van der Waals surface area contributed by atoms with Gasteiger partial charge in [-0.2, -0.15) is 0 Å². The summed E-state index contributed by atoms with van der Waals surface area (Å²) in [5, 5.41) is 3.14. The van der Waals surface area contributed by atoms with Gasteiger partial charge in [0.15, 0.2) is 0 Å². The largest absolute Gasteiger partial charge is 0.343 e. The van der Waals surface area contributed by atoms with Crippen molar-refractivity contribution in [1.29, 1.82) is 0 Å². The molecule has 22 heavy (non-hydrogen) atoms. The van der Waals surface area contributed by atoms with Crippen LogP contribution >= 0.6 is 0 Å². The first-order valence-electron chi connectivity index (χ1n) is 7.71. The average molecular weight is 295 g/mol. The van der Waals surface area contributed by atoms with Gasteiger partial charge in [0.2, 0.25) is 0 Å². The Morgan fingerprint density at radius 1 is 1.23 bits per heavy atom. The first-order chi connectivity index (χ1) is 10.5. The van der Waals surface area contributed by atoms with E-state index in [4.69, 9.17) is 0 Å². The van der Waals surface area contributed by atoms with E-state index in [0.717, 1.165) is 35.4 Å². The van der Waals surface area contributed by atoms with E-state index in [0.29, 0.717) is 11.5 Å². The molecule has 2 aromatic rings. The lowest BCUT2D eigenvalue weighted by Gasteiger charge is -2.18. The highest BCUT2D eigenvalue weighted by Gasteiger charge is 2.34. The third kappa shape index (κ3) is 3.16. The number of nitrogens with one attached hydrogen (secondary N) is 1. The van der Waals surface area contributed by atoms with Crippen molar-refractivity contribution >= 4 is 5.91 Å². The summed E-state index contributed by atoms with van der Waals surface area (Å²) in [5.74, 6) is 0.425. The Bertz CT molecular complexity index is 707. The van der Waals surface area contributed by atoms with Crippen molar-refractivity contribution in [2.75, 3.05) is 0 Å². The van der Waals surface area contributed by atoms with Gasteiger partial charge in [-0.05, 0) is 68.9 Å². The average Bonchev–Trinajstić information content (AvgIpc) is 3.32. The predicted molar refractivity (Wildman–Crippen MR) is 85.6 cm³/mol. The van der Waals surface area contributed by atoms with Crippen molar-refractivity contribution in [2.45, 2.75) is 39.7 Å². The molecule has 1 aliphatic carbocycles. The zero-order chi connectivity index (χ0) is 15.7. The Hall–Kier alpha value is -2.23. The summed E-state index contributed by atoms with van der Waals surface area (Å²) < 4.78 is 0. The first kappa shape index (κ1) is 14.7. The molecule has 0 aliphatic heterocycles. The van der Waals surface area contributed by atoms with Crippen LogP contribution in [0.1, 0.15) is 51.8 Å². The van der Waals surface area contributed by atoms with E-state index in [-0.39, 0.29) is 11.9 Å². The van der Waals surface area contributed by atoms with Crippen molar-refractivity contribution in [3.63, 3.8) is 0 Å². The van der Waals surface area contributed by atoms with Crippen molar-refractivity contribution < 1.29 is 4.79 Å². The van der Waals surface area contributed by atoms with Gasteiger partial charge in [0.05, 0.1) is 17.3 Å². The number of carbonyl (C=O) groups excluding carboxylic acids is 1. The van der Waals surface area contributed by atoms with Gasteiger partial charge >= 0.3 is 0 Å². The molecule has 0 bridgehead atoms. The van der Waals surface area contributed by atoms with Gasteiger partial charge in [-0.25, -0.2) is 0 Å². The number of carbonyl (C=O) groups is 1. The Labute approximate surface area is 131 Å². The lowest BCUT2D eigenvalue weighted by molar-refractivity contribution is 0.0930. The molecule has 114 valence electrons. The van der Waals surface area contributed by atoms with E-state index in [9.17, 15) is 4.79 Å². The Balaban J connectivity index is 1.82. The first-order valence-corrected chi connectivity index (χ1v) is 7.71. The predicted octanol–water partition coefficient (Wildman–Crippen LogP) is 3.28. The van der Waals surface area contributed by atoms with Gasteiger partial charge in [-0.15, -0.1) is 0 Å². The van der Waals surface area contributed by atoms with Crippen LogP contribution in [0.2, 0.25) is 0 Å². The highest BCUT2D eigenvalue weighted by atomic mass is 16.1. The Morgan fingerprint density at radius 3 is 2.64 bits per heavy atom. The summed E-state index contributed by atoms with van der Waals surface area (Å²) in [6, 6.07) is 5.92. The summed E-state index contributed by atoms with van der Waals surface area (Å²) in [4.78, 5) is 21.3. The van der Waals surface area contributed by atoms with Crippen molar-refractivity contribution in [3.8, 4) is 0 Å². The van der Waals surface area contributed by atoms with Crippen LogP contribution in [0.5, 0.6) is 0 Å². The molecule has 4 nitrogen and oxygen atoms in total. The van der Waals surface area contributed by atoms with Gasteiger partial charge in [-0.1, -0.05) is 0 Å². The monoisotopic (exact) mass is 295 g/mol. The van der Waals surface area contributed by atoms with Gasteiger partial charge in [-0.3, -0.25) is 14.8 Å². The normalized spacial score (nSPS) is 15.4. The van der Waals surface area contributed by atoms with Gasteiger partial charge < -0.3 is 5.32 Å². The number of aryl methyl sites for hydroxylation is 3. The number of hydrogen-bond acceptors (Lipinski definition) is 3. The maximum Gasteiger partial charge on any atom is 0.253 e. The maximum atomic E-state index is 12.5. The SMILES string of the molecule is Cc1ccnc([C@H](NC(=O)c2cnc(C)c(C)c2)C2CC2)c1. The molecule has 2 aromatic heterocycles. The number of rotatable bonds is 4. The van der Waals surface area contributed by atoms with E-state index in [2.05, 4.69) is 21.4 Å². The molecule has 0 radical (unpaired) electrons. The molecule has 1 aliphatic rings. The van der Waals surface area contributed by atoms with Crippen LogP contribution in [0, 0.1) is 26.7 Å². The molecule has 1 fully saturated rings. The van der Waals surface area contributed by atoms with Gasteiger partial charge in [0, 0.05) is 18.1 Å². The molecule has 2 heterocycles. The second-order valence-corrected chi connectivity index (χ2v) is 6.17. The minimum atomic E-state index is -0.0733. The third-order valence-electron chi connectivity index (χ3n) is 4.24.